The third kappa shape index (κ3) is 4.25. The smallest absolute Gasteiger partial charge is 0.0266 e. The molecule has 0 aromatic heterocycles. The summed E-state index contributed by atoms with van der Waals surface area (Å²) in [5.41, 5.74) is 0. The predicted molar refractivity (Wildman–Crippen MR) is 61.2 cm³/mol. The Kier molecular flexibility index (Phi) is 4.99. The van der Waals surface area contributed by atoms with Crippen molar-refractivity contribution in [3.05, 3.63) is 11.1 Å². The van der Waals surface area contributed by atoms with Gasteiger partial charge in [-0.3, -0.25) is 0 Å². The van der Waals surface area contributed by atoms with Gasteiger partial charge in [-0.05, 0) is 26.4 Å². The van der Waals surface area contributed by atoms with Gasteiger partial charge < -0.3 is 10.2 Å². The Bertz CT molecular complexity index is 170. The van der Waals surface area contributed by atoms with Crippen LogP contribution in [0.2, 0.25) is 0 Å². The number of nitrogens with one attached hydrogen (secondary N) is 1. The number of halogens is 1. The minimum absolute atomic E-state index is 0.723. The number of likely N-dealkylation sites (N-methyl/N-ethyl adjacent to an activating group) is 1. The van der Waals surface area contributed by atoms with E-state index in [9.17, 15) is 0 Å². The molecule has 0 saturated carbocycles. The van der Waals surface area contributed by atoms with Crippen molar-refractivity contribution in [1.82, 2.24) is 10.2 Å². The van der Waals surface area contributed by atoms with Gasteiger partial charge in [0, 0.05) is 23.6 Å². The van der Waals surface area contributed by atoms with Crippen molar-refractivity contribution in [2.24, 2.45) is 0 Å². The van der Waals surface area contributed by atoms with Gasteiger partial charge in [0.05, 0.1) is 0 Å². The largest absolute Gasteiger partial charge is 0.311 e. The second-order valence-electron chi connectivity index (χ2n) is 3.78. The van der Waals surface area contributed by atoms with Gasteiger partial charge in [-0.2, -0.15) is 0 Å². The Morgan fingerprint density at radius 2 is 2.38 bits per heavy atom. The van der Waals surface area contributed by atoms with Crippen LogP contribution in [0.4, 0.5) is 0 Å². The fourth-order valence-corrected chi connectivity index (χ4v) is 1.97. The number of piperidine rings is 1. The van der Waals surface area contributed by atoms with Gasteiger partial charge in [0.25, 0.3) is 0 Å². The predicted octanol–water partition coefficient (Wildman–Crippen LogP) is 1.97. The molecule has 1 rings (SSSR count). The molecule has 0 aromatic carbocycles. The number of likely N-dealkylation sites (tertiary alicyclic amines) is 1. The molecule has 1 atom stereocenters. The van der Waals surface area contributed by atoms with Gasteiger partial charge in [0.15, 0.2) is 0 Å². The van der Waals surface area contributed by atoms with Crippen LogP contribution in [0.15, 0.2) is 11.1 Å². The molecule has 0 bridgehead atoms. The molecule has 3 heteroatoms. The Morgan fingerprint density at radius 3 is 3.00 bits per heavy atom. The van der Waals surface area contributed by atoms with Crippen molar-refractivity contribution in [2.75, 3.05) is 26.7 Å². The van der Waals surface area contributed by atoms with Crippen molar-refractivity contribution in [3.8, 4) is 0 Å². The molecule has 1 heterocycles. The van der Waals surface area contributed by atoms with Crippen LogP contribution in [0, 0.1) is 0 Å². The highest BCUT2D eigenvalue weighted by atomic mass is 79.9. The van der Waals surface area contributed by atoms with Gasteiger partial charge in [-0.15, -0.1) is 0 Å². The SMILES string of the molecule is C=C(Br)CNCC1CCCCN1C. The Hall–Kier alpha value is 0.140. The van der Waals surface area contributed by atoms with Gasteiger partial charge >= 0.3 is 0 Å². The maximum absolute atomic E-state index is 3.80. The van der Waals surface area contributed by atoms with Crippen LogP contribution in [0.5, 0.6) is 0 Å². The van der Waals surface area contributed by atoms with E-state index in [1.54, 1.807) is 0 Å². The summed E-state index contributed by atoms with van der Waals surface area (Å²) in [5, 5.41) is 3.40. The maximum atomic E-state index is 3.80. The zero-order chi connectivity index (χ0) is 9.68. The first-order chi connectivity index (χ1) is 6.20. The average molecular weight is 247 g/mol. The van der Waals surface area contributed by atoms with E-state index in [1.165, 1.54) is 25.8 Å². The molecule has 1 fully saturated rings. The number of rotatable bonds is 4. The third-order valence-electron chi connectivity index (χ3n) is 2.62. The van der Waals surface area contributed by atoms with Crippen LogP contribution >= 0.6 is 15.9 Å². The first kappa shape index (κ1) is 11.2. The fourth-order valence-electron chi connectivity index (χ4n) is 1.78. The number of hydrogen-bond donors (Lipinski definition) is 1. The standard InChI is InChI=1S/C10H19BrN2/c1-9(11)7-12-8-10-5-3-4-6-13(10)2/h10,12H,1,3-8H2,2H3. The average Bonchev–Trinajstić information content (AvgIpc) is 2.08. The molecule has 1 N–H and O–H groups in total. The van der Waals surface area contributed by atoms with E-state index in [4.69, 9.17) is 0 Å². The van der Waals surface area contributed by atoms with Crippen molar-refractivity contribution in [3.63, 3.8) is 0 Å². The van der Waals surface area contributed by atoms with Crippen LogP contribution in [0.3, 0.4) is 0 Å². The first-order valence-corrected chi connectivity index (χ1v) is 5.73. The van der Waals surface area contributed by atoms with Crippen LogP contribution < -0.4 is 5.32 Å². The highest BCUT2D eigenvalue weighted by molar-refractivity contribution is 9.11. The van der Waals surface area contributed by atoms with Crippen LogP contribution in [0.25, 0.3) is 0 Å². The van der Waals surface area contributed by atoms with E-state index >= 15 is 0 Å². The van der Waals surface area contributed by atoms with Crippen molar-refractivity contribution in [2.45, 2.75) is 25.3 Å². The summed E-state index contributed by atoms with van der Waals surface area (Å²) >= 11 is 3.34. The van der Waals surface area contributed by atoms with Crippen molar-refractivity contribution in [1.29, 1.82) is 0 Å². The zero-order valence-corrected chi connectivity index (χ0v) is 9.94. The lowest BCUT2D eigenvalue weighted by Crippen LogP contribution is -2.43. The molecule has 1 saturated heterocycles. The van der Waals surface area contributed by atoms with Gasteiger partial charge in [-0.25, -0.2) is 0 Å². The number of hydrogen-bond acceptors (Lipinski definition) is 2. The summed E-state index contributed by atoms with van der Waals surface area (Å²) in [4.78, 5) is 2.45. The molecule has 1 unspecified atom stereocenters. The summed E-state index contributed by atoms with van der Waals surface area (Å²) < 4.78 is 1.03. The van der Waals surface area contributed by atoms with Crippen LogP contribution in [0.1, 0.15) is 19.3 Å². The summed E-state index contributed by atoms with van der Waals surface area (Å²) in [5.74, 6) is 0. The summed E-state index contributed by atoms with van der Waals surface area (Å²) in [6, 6.07) is 0.723. The van der Waals surface area contributed by atoms with E-state index in [0.29, 0.717) is 0 Å². The molecule has 0 aromatic rings. The lowest BCUT2D eigenvalue weighted by atomic mass is 10.0. The summed E-state index contributed by atoms with van der Waals surface area (Å²) in [6.45, 7) is 7.01. The van der Waals surface area contributed by atoms with E-state index in [-0.39, 0.29) is 0 Å². The van der Waals surface area contributed by atoms with Gasteiger partial charge in [0.2, 0.25) is 0 Å². The zero-order valence-electron chi connectivity index (χ0n) is 8.35. The molecule has 1 aliphatic heterocycles. The minimum atomic E-state index is 0.723. The van der Waals surface area contributed by atoms with Gasteiger partial charge in [0.1, 0.15) is 0 Å². The summed E-state index contributed by atoms with van der Waals surface area (Å²) in [6.07, 6.45) is 4.07. The van der Waals surface area contributed by atoms with E-state index in [1.807, 2.05) is 0 Å². The quantitative estimate of drug-likeness (QED) is 0.817. The lowest BCUT2D eigenvalue weighted by molar-refractivity contribution is 0.183. The molecule has 2 nitrogen and oxygen atoms in total. The topological polar surface area (TPSA) is 15.3 Å². The van der Waals surface area contributed by atoms with Crippen LogP contribution in [-0.4, -0.2) is 37.6 Å². The molecule has 76 valence electrons. The molecule has 1 aliphatic rings. The number of nitrogens with zero attached hydrogens (tertiary/aromatic N) is 1. The minimum Gasteiger partial charge on any atom is -0.311 e. The first-order valence-electron chi connectivity index (χ1n) is 4.94. The molecular weight excluding hydrogens is 228 g/mol. The van der Waals surface area contributed by atoms with Gasteiger partial charge in [-0.1, -0.05) is 28.9 Å². The highest BCUT2D eigenvalue weighted by Gasteiger charge is 2.17. The summed E-state index contributed by atoms with van der Waals surface area (Å²) in [7, 11) is 2.22. The van der Waals surface area contributed by atoms with E-state index < -0.39 is 0 Å². The Balaban J connectivity index is 2.15. The van der Waals surface area contributed by atoms with Crippen molar-refractivity contribution < 1.29 is 0 Å². The Morgan fingerprint density at radius 1 is 1.62 bits per heavy atom. The maximum Gasteiger partial charge on any atom is 0.0266 e. The molecule has 0 radical (unpaired) electrons. The molecule has 13 heavy (non-hydrogen) atoms. The second-order valence-corrected chi connectivity index (χ2v) is 4.90. The van der Waals surface area contributed by atoms with Crippen molar-refractivity contribution >= 4 is 15.9 Å². The normalized spacial score (nSPS) is 24.6. The lowest BCUT2D eigenvalue weighted by Gasteiger charge is -2.32. The second kappa shape index (κ2) is 5.78. The molecule has 0 spiro atoms. The molecule has 0 amide bonds. The monoisotopic (exact) mass is 246 g/mol. The third-order valence-corrected chi connectivity index (χ3v) is 2.90. The van der Waals surface area contributed by atoms with Crippen LogP contribution in [-0.2, 0) is 0 Å². The van der Waals surface area contributed by atoms with E-state index in [2.05, 4.69) is 39.8 Å². The fraction of sp³-hybridized carbons (Fsp3) is 0.800. The Labute approximate surface area is 89.5 Å². The molecule has 0 aliphatic carbocycles. The van der Waals surface area contributed by atoms with E-state index in [0.717, 1.165) is 23.6 Å². The highest BCUT2D eigenvalue weighted by Crippen LogP contribution is 2.14. The molecular formula is C10H19BrN2.